The van der Waals surface area contributed by atoms with Crippen LogP contribution in [0.3, 0.4) is 0 Å². The highest BCUT2D eigenvalue weighted by Crippen LogP contribution is 2.30. The SMILES string of the molecule is O=C(Nc1ccn(-c2cccc(C(F)(F)F)c2)n1)c1ccc(F)cc1. The minimum absolute atomic E-state index is 0.159. The van der Waals surface area contributed by atoms with Crippen LogP contribution in [0.1, 0.15) is 15.9 Å². The maximum Gasteiger partial charge on any atom is 0.416 e. The molecule has 1 aromatic heterocycles. The number of anilines is 1. The van der Waals surface area contributed by atoms with E-state index < -0.39 is 23.5 Å². The van der Waals surface area contributed by atoms with Crippen LogP contribution in [0.5, 0.6) is 0 Å². The predicted molar refractivity (Wildman–Crippen MR) is 82.9 cm³/mol. The van der Waals surface area contributed by atoms with Crippen molar-refractivity contribution in [3.63, 3.8) is 0 Å². The molecule has 1 amide bonds. The van der Waals surface area contributed by atoms with E-state index >= 15 is 0 Å². The standard InChI is InChI=1S/C17H11F4N3O/c18-13-6-4-11(5-7-13)16(25)22-15-8-9-24(23-15)14-3-1-2-12(10-14)17(19,20)21/h1-10H,(H,22,23,25). The maximum atomic E-state index is 12.9. The van der Waals surface area contributed by atoms with Crippen LogP contribution in [0.15, 0.2) is 60.8 Å². The first kappa shape index (κ1) is 16.7. The van der Waals surface area contributed by atoms with E-state index in [9.17, 15) is 22.4 Å². The van der Waals surface area contributed by atoms with Gasteiger partial charge in [-0.1, -0.05) is 6.07 Å². The molecule has 0 aliphatic rings. The van der Waals surface area contributed by atoms with Gasteiger partial charge in [0.15, 0.2) is 5.82 Å². The minimum Gasteiger partial charge on any atom is -0.305 e. The van der Waals surface area contributed by atoms with Crippen molar-refractivity contribution in [3.8, 4) is 5.69 Å². The van der Waals surface area contributed by atoms with E-state index in [1.807, 2.05) is 0 Å². The van der Waals surface area contributed by atoms with Crippen molar-refractivity contribution in [1.82, 2.24) is 9.78 Å². The van der Waals surface area contributed by atoms with Gasteiger partial charge in [-0.3, -0.25) is 4.79 Å². The molecule has 2 aromatic carbocycles. The highest BCUT2D eigenvalue weighted by molar-refractivity contribution is 6.03. The van der Waals surface area contributed by atoms with Crippen molar-refractivity contribution in [1.29, 1.82) is 0 Å². The van der Waals surface area contributed by atoms with E-state index in [1.54, 1.807) is 0 Å². The highest BCUT2D eigenvalue weighted by Gasteiger charge is 2.30. The fourth-order valence-corrected chi connectivity index (χ4v) is 2.15. The van der Waals surface area contributed by atoms with E-state index in [4.69, 9.17) is 0 Å². The summed E-state index contributed by atoms with van der Waals surface area (Å²) in [6.45, 7) is 0. The Kier molecular flexibility index (Phi) is 4.26. The Morgan fingerprint density at radius 1 is 1.04 bits per heavy atom. The lowest BCUT2D eigenvalue weighted by atomic mass is 10.2. The largest absolute Gasteiger partial charge is 0.416 e. The van der Waals surface area contributed by atoms with Crippen LogP contribution in [0.2, 0.25) is 0 Å². The molecule has 0 spiro atoms. The number of nitrogens with zero attached hydrogens (tertiary/aromatic N) is 2. The molecule has 0 saturated carbocycles. The van der Waals surface area contributed by atoms with E-state index in [0.29, 0.717) is 0 Å². The van der Waals surface area contributed by atoms with Crippen molar-refractivity contribution in [2.24, 2.45) is 0 Å². The summed E-state index contributed by atoms with van der Waals surface area (Å²) in [4.78, 5) is 12.0. The molecular weight excluding hydrogens is 338 g/mol. The number of halogens is 4. The zero-order valence-electron chi connectivity index (χ0n) is 12.6. The number of benzene rings is 2. The Morgan fingerprint density at radius 3 is 2.44 bits per heavy atom. The number of carbonyl (C=O) groups is 1. The second-order valence-corrected chi connectivity index (χ2v) is 5.15. The maximum absolute atomic E-state index is 12.9. The molecule has 0 bridgehead atoms. The van der Waals surface area contributed by atoms with E-state index in [0.717, 1.165) is 24.3 Å². The number of alkyl halides is 3. The molecule has 0 atom stereocenters. The highest BCUT2D eigenvalue weighted by atomic mass is 19.4. The number of aromatic nitrogens is 2. The normalized spacial score (nSPS) is 11.4. The Balaban J connectivity index is 1.79. The Labute approximate surface area is 139 Å². The number of nitrogens with one attached hydrogen (secondary N) is 1. The molecule has 0 aliphatic carbocycles. The lowest BCUT2D eigenvalue weighted by Crippen LogP contribution is -2.12. The van der Waals surface area contributed by atoms with Crippen LogP contribution in [-0.4, -0.2) is 15.7 Å². The minimum atomic E-state index is -4.46. The molecule has 128 valence electrons. The van der Waals surface area contributed by atoms with Gasteiger partial charge >= 0.3 is 6.18 Å². The third-order valence-corrected chi connectivity index (χ3v) is 3.38. The van der Waals surface area contributed by atoms with Gasteiger partial charge in [-0.2, -0.15) is 18.3 Å². The summed E-state index contributed by atoms with van der Waals surface area (Å²) < 4.78 is 52.4. The molecule has 25 heavy (non-hydrogen) atoms. The first-order valence-electron chi connectivity index (χ1n) is 7.13. The van der Waals surface area contributed by atoms with Crippen LogP contribution in [-0.2, 0) is 6.18 Å². The van der Waals surface area contributed by atoms with Gasteiger partial charge in [0.25, 0.3) is 5.91 Å². The molecule has 3 aromatic rings. The van der Waals surface area contributed by atoms with E-state index in [-0.39, 0.29) is 17.1 Å². The number of carbonyl (C=O) groups excluding carboxylic acids is 1. The Bertz CT molecular complexity index is 901. The van der Waals surface area contributed by atoms with Gasteiger partial charge in [-0.15, -0.1) is 0 Å². The zero-order chi connectivity index (χ0) is 18.0. The van der Waals surface area contributed by atoms with Crippen LogP contribution < -0.4 is 5.32 Å². The van der Waals surface area contributed by atoms with Gasteiger partial charge in [0.1, 0.15) is 5.82 Å². The van der Waals surface area contributed by atoms with Crippen LogP contribution in [0, 0.1) is 5.82 Å². The summed E-state index contributed by atoms with van der Waals surface area (Å²) in [6, 6.07) is 11.0. The van der Waals surface area contributed by atoms with Gasteiger partial charge in [-0.25, -0.2) is 9.07 Å². The molecule has 0 saturated heterocycles. The summed E-state index contributed by atoms with van der Waals surface area (Å²) in [6.07, 6.45) is -3.03. The van der Waals surface area contributed by atoms with Crippen molar-refractivity contribution in [2.75, 3.05) is 5.32 Å². The van der Waals surface area contributed by atoms with Crippen LogP contribution in [0.25, 0.3) is 5.69 Å². The number of hydrogen-bond acceptors (Lipinski definition) is 2. The summed E-state index contributed by atoms with van der Waals surface area (Å²) in [7, 11) is 0. The Hall–Kier alpha value is -3.16. The van der Waals surface area contributed by atoms with Gasteiger partial charge in [0, 0.05) is 17.8 Å². The molecule has 3 rings (SSSR count). The molecule has 4 nitrogen and oxygen atoms in total. The van der Waals surface area contributed by atoms with Crippen LogP contribution >= 0.6 is 0 Å². The first-order chi connectivity index (χ1) is 11.8. The molecular formula is C17H11F4N3O. The van der Waals surface area contributed by atoms with Crippen LogP contribution in [0.4, 0.5) is 23.4 Å². The summed E-state index contributed by atoms with van der Waals surface area (Å²) >= 11 is 0. The number of rotatable bonds is 3. The molecule has 8 heteroatoms. The summed E-state index contributed by atoms with van der Waals surface area (Å²) in [5, 5.41) is 6.53. The topological polar surface area (TPSA) is 46.9 Å². The second-order valence-electron chi connectivity index (χ2n) is 5.15. The summed E-state index contributed by atoms with van der Waals surface area (Å²) in [5.74, 6) is -0.814. The van der Waals surface area contributed by atoms with Gasteiger partial charge in [0.2, 0.25) is 0 Å². The average Bonchev–Trinajstić information content (AvgIpc) is 3.03. The van der Waals surface area contributed by atoms with E-state index in [2.05, 4.69) is 10.4 Å². The molecule has 0 fully saturated rings. The first-order valence-corrected chi connectivity index (χ1v) is 7.13. The van der Waals surface area contributed by atoms with Gasteiger partial charge in [-0.05, 0) is 42.5 Å². The summed E-state index contributed by atoms with van der Waals surface area (Å²) in [5.41, 5.74) is -0.357. The second kappa shape index (κ2) is 6.39. The van der Waals surface area contributed by atoms with Crippen molar-refractivity contribution < 1.29 is 22.4 Å². The quantitative estimate of drug-likeness (QED) is 0.718. The number of amides is 1. The van der Waals surface area contributed by atoms with Gasteiger partial charge < -0.3 is 5.32 Å². The lowest BCUT2D eigenvalue weighted by molar-refractivity contribution is -0.137. The fourth-order valence-electron chi connectivity index (χ4n) is 2.15. The molecule has 0 radical (unpaired) electrons. The smallest absolute Gasteiger partial charge is 0.305 e. The zero-order valence-corrected chi connectivity index (χ0v) is 12.6. The van der Waals surface area contributed by atoms with Gasteiger partial charge in [0.05, 0.1) is 11.3 Å². The monoisotopic (exact) mass is 349 g/mol. The Morgan fingerprint density at radius 2 is 1.76 bits per heavy atom. The van der Waals surface area contributed by atoms with Crippen molar-refractivity contribution in [2.45, 2.75) is 6.18 Å². The van der Waals surface area contributed by atoms with Crippen molar-refractivity contribution >= 4 is 11.7 Å². The van der Waals surface area contributed by atoms with Crippen molar-refractivity contribution in [3.05, 3.63) is 77.7 Å². The average molecular weight is 349 g/mol. The molecule has 1 heterocycles. The fraction of sp³-hybridized carbons (Fsp3) is 0.0588. The third kappa shape index (κ3) is 3.85. The molecule has 0 unspecified atom stereocenters. The molecule has 1 N–H and O–H groups in total. The third-order valence-electron chi connectivity index (χ3n) is 3.38. The predicted octanol–water partition coefficient (Wildman–Crippen LogP) is 4.28. The number of hydrogen-bond donors (Lipinski definition) is 1. The lowest BCUT2D eigenvalue weighted by Gasteiger charge is -2.08. The van der Waals surface area contributed by atoms with E-state index in [1.165, 1.54) is 41.2 Å². The molecule has 0 aliphatic heterocycles.